The van der Waals surface area contributed by atoms with Gasteiger partial charge in [-0.05, 0) is 34.1 Å². The van der Waals surface area contributed by atoms with Gasteiger partial charge in [0.15, 0.2) is 0 Å². The first-order chi connectivity index (χ1) is 7.72. The molecular weight excluding hydrogens is 271 g/mol. The minimum Gasteiger partial charge on any atom is -0.264 e. The second-order valence-corrected chi connectivity index (χ2v) is 4.02. The predicted molar refractivity (Wildman–Crippen MR) is 62.0 cm³/mol. The van der Waals surface area contributed by atoms with Gasteiger partial charge in [0.05, 0.1) is 11.6 Å². The van der Waals surface area contributed by atoms with Crippen LogP contribution in [0.25, 0.3) is 11.1 Å². The van der Waals surface area contributed by atoms with Gasteiger partial charge in [-0.15, -0.1) is 0 Å². The molecule has 0 radical (unpaired) electrons. The average Bonchev–Trinajstić information content (AvgIpc) is 2.30. The maximum absolute atomic E-state index is 13.7. The lowest BCUT2D eigenvalue weighted by molar-refractivity contribution is 0.630. The zero-order valence-corrected chi connectivity index (χ0v) is 9.70. The van der Waals surface area contributed by atoms with E-state index in [1.165, 1.54) is 6.07 Å². The first-order valence-corrected chi connectivity index (χ1v) is 5.31. The van der Waals surface area contributed by atoms with Crippen LogP contribution in [0, 0.1) is 17.1 Å². The van der Waals surface area contributed by atoms with Crippen molar-refractivity contribution < 1.29 is 4.39 Å². The van der Waals surface area contributed by atoms with Crippen LogP contribution < -0.4 is 0 Å². The molecule has 0 saturated heterocycles. The Labute approximate surface area is 100 Å². The van der Waals surface area contributed by atoms with Gasteiger partial charge in [-0.3, -0.25) is 4.98 Å². The normalized spacial score (nSPS) is 9.81. The molecule has 0 aliphatic carbocycles. The van der Waals surface area contributed by atoms with Gasteiger partial charge in [0.25, 0.3) is 0 Å². The Morgan fingerprint density at radius 1 is 1.25 bits per heavy atom. The largest absolute Gasteiger partial charge is 0.264 e. The van der Waals surface area contributed by atoms with Gasteiger partial charge in [0, 0.05) is 28.0 Å². The molecule has 0 unspecified atom stereocenters. The van der Waals surface area contributed by atoms with Crippen molar-refractivity contribution in [1.29, 1.82) is 5.26 Å². The highest BCUT2D eigenvalue weighted by Crippen LogP contribution is 2.29. The molecule has 0 aliphatic heterocycles. The molecule has 2 rings (SSSR count). The molecule has 78 valence electrons. The minimum absolute atomic E-state index is 0.312. The lowest BCUT2D eigenvalue weighted by atomic mass is 10.0. The molecule has 0 atom stereocenters. The monoisotopic (exact) mass is 276 g/mol. The van der Waals surface area contributed by atoms with Gasteiger partial charge in [0.1, 0.15) is 5.82 Å². The topological polar surface area (TPSA) is 36.7 Å². The summed E-state index contributed by atoms with van der Waals surface area (Å²) in [5.74, 6) is -0.411. The third-order valence-electron chi connectivity index (χ3n) is 2.16. The number of rotatable bonds is 1. The number of pyridine rings is 1. The Kier molecular flexibility index (Phi) is 2.97. The summed E-state index contributed by atoms with van der Waals surface area (Å²) in [6.45, 7) is 0. The first-order valence-electron chi connectivity index (χ1n) is 4.52. The van der Waals surface area contributed by atoms with E-state index >= 15 is 0 Å². The van der Waals surface area contributed by atoms with Crippen LogP contribution in [0.3, 0.4) is 0 Å². The quantitative estimate of drug-likeness (QED) is 0.799. The van der Waals surface area contributed by atoms with E-state index in [0.29, 0.717) is 11.1 Å². The van der Waals surface area contributed by atoms with Gasteiger partial charge in [-0.25, -0.2) is 4.39 Å². The molecule has 1 aromatic heterocycles. The van der Waals surface area contributed by atoms with Crippen LogP contribution in [0.2, 0.25) is 0 Å². The predicted octanol–water partition coefficient (Wildman–Crippen LogP) is 3.52. The Hall–Kier alpha value is -1.73. The average molecular weight is 277 g/mol. The zero-order valence-electron chi connectivity index (χ0n) is 8.11. The van der Waals surface area contributed by atoms with Crippen molar-refractivity contribution in [2.75, 3.05) is 0 Å². The summed E-state index contributed by atoms with van der Waals surface area (Å²) < 4.78 is 14.4. The highest BCUT2D eigenvalue weighted by molar-refractivity contribution is 9.10. The lowest BCUT2D eigenvalue weighted by Gasteiger charge is -2.05. The van der Waals surface area contributed by atoms with E-state index in [0.717, 1.165) is 10.0 Å². The van der Waals surface area contributed by atoms with Gasteiger partial charge in [-0.2, -0.15) is 5.26 Å². The van der Waals surface area contributed by atoms with E-state index in [1.807, 2.05) is 6.07 Å². The van der Waals surface area contributed by atoms with E-state index in [2.05, 4.69) is 20.9 Å². The van der Waals surface area contributed by atoms with Crippen molar-refractivity contribution in [3.8, 4) is 17.2 Å². The molecule has 0 fully saturated rings. The molecule has 2 aromatic rings. The molecule has 0 aliphatic rings. The lowest BCUT2D eigenvalue weighted by Crippen LogP contribution is -1.88. The van der Waals surface area contributed by atoms with Crippen molar-refractivity contribution in [1.82, 2.24) is 4.98 Å². The van der Waals surface area contributed by atoms with E-state index < -0.39 is 5.82 Å². The van der Waals surface area contributed by atoms with Gasteiger partial charge in [0.2, 0.25) is 0 Å². The molecular formula is C12H6BrFN2. The van der Waals surface area contributed by atoms with Crippen LogP contribution in [0.1, 0.15) is 5.56 Å². The van der Waals surface area contributed by atoms with Crippen LogP contribution in [-0.4, -0.2) is 4.98 Å². The van der Waals surface area contributed by atoms with Crippen LogP contribution in [0.5, 0.6) is 0 Å². The van der Waals surface area contributed by atoms with E-state index in [1.54, 1.807) is 30.6 Å². The molecule has 1 aromatic carbocycles. The highest BCUT2D eigenvalue weighted by atomic mass is 79.9. The summed E-state index contributed by atoms with van der Waals surface area (Å²) in [6, 6.07) is 8.02. The molecule has 0 spiro atoms. The Morgan fingerprint density at radius 2 is 2.06 bits per heavy atom. The van der Waals surface area contributed by atoms with Crippen molar-refractivity contribution in [3.05, 3.63) is 52.5 Å². The van der Waals surface area contributed by atoms with Gasteiger partial charge < -0.3 is 0 Å². The summed E-state index contributed by atoms with van der Waals surface area (Å²) >= 11 is 3.31. The maximum Gasteiger partial charge on any atom is 0.132 e. The maximum atomic E-state index is 13.7. The summed E-state index contributed by atoms with van der Waals surface area (Å²) in [5, 5.41) is 8.64. The number of benzene rings is 1. The summed E-state index contributed by atoms with van der Waals surface area (Å²) in [6.07, 6.45) is 3.20. The molecule has 16 heavy (non-hydrogen) atoms. The van der Waals surface area contributed by atoms with Crippen molar-refractivity contribution in [2.24, 2.45) is 0 Å². The fraction of sp³-hybridized carbons (Fsp3) is 0. The second kappa shape index (κ2) is 4.42. The van der Waals surface area contributed by atoms with E-state index in [9.17, 15) is 4.39 Å². The third kappa shape index (κ3) is 1.95. The van der Waals surface area contributed by atoms with Gasteiger partial charge in [-0.1, -0.05) is 6.07 Å². The molecule has 0 N–H and O–H groups in total. The molecule has 0 amide bonds. The summed E-state index contributed by atoms with van der Waals surface area (Å²) in [5.41, 5.74) is 1.48. The minimum atomic E-state index is -0.411. The third-order valence-corrected chi connectivity index (χ3v) is 2.79. The first kappa shape index (κ1) is 10.8. The Balaban J connectivity index is 2.58. The second-order valence-electron chi connectivity index (χ2n) is 3.16. The number of aromatic nitrogens is 1. The Bertz CT molecular complexity index is 575. The SMILES string of the molecule is N#Cc1ccc(-c2ccncc2Br)c(F)c1. The number of nitriles is 1. The molecule has 1 heterocycles. The molecule has 0 bridgehead atoms. The van der Waals surface area contributed by atoms with Gasteiger partial charge >= 0.3 is 0 Å². The van der Waals surface area contributed by atoms with Crippen LogP contribution in [-0.2, 0) is 0 Å². The summed E-state index contributed by atoms with van der Waals surface area (Å²) in [4.78, 5) is 3.91. The Morgan fingerprint density at radius 3 is 2.69 bits per heavy atom. The number of hydrogen-bond acceptors (Lipinski definition) is 2. The fourth-order valence-electron chi connectivity index (χ4n) is 1.40. The smallest absolute Gasteiger partial charge is 0.132 e. The standard InChI is InChI=1S/C12H6BrFN2/c13-11-7-16-4-3-9(11)10-2-1-8(6-15)5-12(10)14/h1-5,7H. The van der Waals surface area contributed by atoms with E-state index in [-0.39, 0.29) is 0 Å². The van der Waals surface area contributed by atoms with Crippen molar-refractivity contribution in [3.63, 3.8) is 0 Å². The van der Waals surface area contributed by atoms with Crippen LogP contribution in [0.4, 0.5) is 4.39 Å². The zero-order chi connectivity index (χ0) is 11.5. The van der Waals surface area contributed by atoms with Crippen LogP contribution in [0.15, 0.2) is 41.1 Å². The number of hydrogen-bond donors (Lipinski definition) is 0. The molecule has 4 heteroatoms. The molecule has 2 nitrogen and oxygen atoms in total. The van der Waals surface area contributed by atoms with Crippen molar-refractivity contribution in [2.45, 2.75) is 0 Å². The van der Waals surface area contributed by atoms with Crippen LogP contribution >= 0.6 is 15.9 Å². The summed E-state index contributed by atoms with van der Waals surface area (Å²) in [7, 11) is 0. The molecule has 0 saturated carbocycles. The highest BCUT2D eigenvalue weighted by Gasteiger charge is 2.08. The van der Waals surface area contributed by atoms with E-state index in [4.69, 9.17) is 5.26 Å². The number of halogens is 2. The fourth-order valence-corrected chi connectivity index (χ4v) is 1.86. The van der Waals surface area contributed by atoms with Crippen molar-refractivity contribution >= 4 is 15.9 Å². The number of nitrogens with zero attached hydrogens (tertiary/aromatic N) is 2.